The number of nitrogens with zero attached hydrogens (tertiary/aromatic N) is 2. The maximum atomic E-state index is 5.90. The van der Waals surface area contributed by atoms with Crippen LogP contribution >= 0.6 is 11.6 Å². The molecule has 0 spiro atoms. The minimum absolute atomic E-state index is 0.456. The van der Waals surface area contributed by atoms with Gasteiger partial charge in [-0.3, -0.25) is 0 Å². The second-order valence-electron chi connectivity index (χ2n) is 4.81. The maximum absolute atomic E-state index is 5.90. The van der Waals surface area contributed by atoms with Gasteiger partial charge in [0.1, 0.15) is 5.82 Å². The number of rotatable bonds is 6. The number of aromatic nitrogens is 2. The van der Waals surface area contributed by atoms with Crippen LogP contribution in [0, 0.1) is 0 Å². The van der Waals surface area contributed by atoms with E-state index in [1.807, 2.05) is 38.6 Å². The summed E-state index contributed by atoms with van der Waals surface area (Å²) in [6.07, 6.45) is 6.91. The van der Waals surface area contributed by atoms with Gasteiger partial charge < -0.3 is 9.88 Å². The molecule has 1 unspecified atom stereocenters. The highest BCUT2D eigenvalue weighted by Gasteiger charge is 2.09. The van der Waals surface area contributed by atoms with E-state index in [4.69, 9.17) is 11.6 Å². The van der Waals surface area contributed by atoms with E-state index < -0.39 is 0 Å². The Kier molecular flexibility index (Phi) is 5.00. The highest BCUT2D eigenvalue weighted by molar-refractivity contribution is 6.30. The zero-order chi connectivity index (χ0) is 13.7. The third kappa shape index (κ3) is 4.08. The van der Waals surface area contributed by atoms with Gasteiger partial charge in [-0.05, 0) is 37.6 Å². The smallest absolute Gasteiger partial charge is 0.108 e. The van der Waals surface area contributed by atoms with Crippen molar-refractivity contribution >= 4 is 11.6 Å². The number of aryl methyl sites for hydroxylation is 2. The fourth-order valence-electron chi connectivity index (χ4n) is 2.19. The molecule has 0 saturated carbocycles. The van der Waals surface area contributed by atoms with Crippen molar-refractivity contribution < 1.29 is 0 Å². The number of likely N-dealkylation sites (N-methyl/N-ethyl adjacent to an activating group) is 1. The van der Waals surface area contributed by atoms with Crippen LogP contribution in [0.4, 0.5) is 0 Å². The molecule has 1 N–H and O–H groups in total. The molecule has 19 heavy (non-hydrogen) atoms. The molecule has 0 aliphatic carbocycles. The monoisotopic (exact) mass is 277 g/mol. The van der Waals surface area contributed by atoms with Gasteiger partial charge in [0.15, 0.2) is 0 Å². The van der Waals surface area contributed by atoms with Crippen molar-refractivity contribution in [1.29, 1.82) is 0 Å². The Hall–Kier alpha value is -1.32. The van der Waals surface area contributed by atoms with Crippen LogP contribution in [0.25, 0.3) is 0 Å². The zero-order valence-electron chi connectivity index (χ0n) is 11.4. The van der Waals surface area contributed by atoms with Gasteiger partial charge in [-0.1, -0.05) is 23.7 Å². The van der Waals surface area contributed by atoms with Crippen molar-refractivity contribution in [2.75, 3.05) is 7.05 Å². The van der Waals surface area contributed by atoms with Crippen molar-refractivity contribution in [1.82, 2.24) is 14.9 Å². The fraction of sp³-hybridized carbons (Fsp3) is 0.400. The van der Waals surface area contributed by atoms with Crippen molar-refractivity contribution in [3.05, 3.63) is 53.1 Å². The summed E-state index contributed by atoms with van der Waals surface area (Å²) in [5.41, 5.74) is 1.31. The van der Waals surface area contributed by atoms with E-state index in [2.05, 4.69) is 27.0 Å². The Morgan fingerprint density at radius 2 is 2.05 bits per heavy atom. The van der Waals surface area contributed by atoms with Gasteiger partial charge >= 0.3 is 0 Å². The molecule has 0 aliphatic rings. The first-order valence-corrected chi connectivity index (χ1v) is 6.94. The summed E-state index contributed by atoms with van der Waals surface area (Å²) in [6.45, 7) is 0. The van der Waals surface area contributed by atoms with Crippen LogP contribution in [0.5, 0.6) is 0 Å². The van der Waals surface area contributed by atoms with E-state index in [1.54, 1.807) is 0 Å². The predicted molar refractivity (Wildman–Crippen MR) is 79.5 cm³/mol. The Morgan fingerprint density at radius 1 is 1.32 bits per heavy atom. The summed E-state index contributed by atoms with van der Waals surface area (Å²) < 4.78 is 2.08. The molecule has 2 rings (SSSR count). The fourth-order valence-corrected chi connectivity index (χ4v) is 2.32. The first-order chi connectivity index (χ1) is 9.19. The molecule has 0 saturated heterocycles. The average Bonchev–Trinajstić information content (AvgIpc) is 2.82. The SMILES string of the molecule is CNC(CCc1nccn1C)Cc1ccc(Cl)cc1. The highest BCUT2D eigenvalue weighted by Crippen LogP contribution is 2.13. The Morgan fingerprint density at radius 3 is 2.63 bits per heavy atom. The Balaban J connectivity index is 1.90. The number of benzene rings is 1. The van der Waals surface area contributed by atoms with Crippen molar-refractivity contribution in [3.63, 3.8) is 0 Å². The molecular formula is C15H20ClN3. The molecule has 102 valence electrons. The predicted octanol–water partition coefficient (Wildman–Crippen LogP) is 2.84. The van der Waals surface area contributed by atoms with E-state index in [9.17, 15) is 0 Å². The van der Waals surface area contributed by atoms with Crippen molar-refractivity contribution in [2.24, 2.45) is 7.05 Å². The standard InChI is InChI=1S/C15H20ClN3/c1-17-14(7-8-15-18-9-10-19(15)2)11-12-3-5-13(16)6-4-12/h3-6,9-10,14,17H,7-8,11H2,1-2H3. The molecule has 4 heteroatoms. The lowest BCUT2D eigenvalue weighted by Gasteiger charge is -2.16. The summed E-state index contributed by atoms with van der Waals surface area (Å²) >= 11 is 5.90. The van der Waals surface area contributed by atoms with Gasteiger partial charge in [0, 0.05) is 36.9 Å². The lowest BCUT2D eigenvalue weighted by Crippen LogP contribution is -2.28. The van der Waals surface area contributed by atoms with E-state index in [0.717, 1.165) is 30.1 Å². The van der Waals surface area contributed by atoms with Crippen LogP contribution in [0.1, 0.15) is 17.8 Å². The van der Waals surface area contributed by atoms with Crippen LogP contribution in [-0.2, 0) is 19.9 Å². The van der Waals surface area contributed by atoms with E-state index in [-0.39, 0.29) is 0 Å². The quantitative estimate of drug-likeness (QED) is 0.880. The third-order valence-corrected chi connectivity index (χ3v) is 3.69. The van der Waals surface area contributed by atoms with Gasteiger partial charge in [0.2, 0.25) is 0 Å². The van der Waals surface area contributed by atoms with E-state index in [1.165, 1.54) is 5.56 Å². The number of hydrogen-bond donors (Lipinski definition) is 1. The normalized spacial score (nSPS) is 12.6. The summed E-state index contributed by atoms with van der Waals surface area (Å²) in [5.74, 6) is 1.14. The van der Waals surface area contributed by atoms with Crippen LogP contribution in [0.2, 0.25) is 5.02 Å². The largest absolute Gasteiger partial charge is 0.338 e. The number of hydrogen-bond acceptors (Lipinski definition) is 2. The van der Waals surface area contributed by atoms with Gasteiger partial charge in [-0.15, -0.1) is 0 Å². The molecule has 0 fully saturated rings. The van der Waals surface area contributed by atoms with Gasteiger partial charge in [-0.25, -0.2) is 4.98 Å². The van der Waals surface area contributed by atoms with E-state index in [0.29, 0.717) is 6.04 Å². The van der Waals surface area contributed by atoms with Crippen LogP contribution in [0.3, 0.4) is 0 Å². The topological polar surface area (TPSA) is 29.9 Å². The van der Waals surface area contributed by atoms with Crippen molar-refractivity contribution in [3.8, 4) is 0 Å². The molecule has 1 aromatic carbocycles. The van der Waals surface area contributed by atoms with Crippen LogP contribution in [0.15, 0.2) is 36.7 Å². The summed E-state index contributed by atoms with van der Waals surface area (Å²) in [5, 5.41) is 4.17. The number of nitrogens with one attached hydrogen (secondary N) is 1. The lowest BCUT2D eigenvalue weighted by molar-refractivity contribution is 0.510. The third-order valence-electron chi connectivity index (χ3n) is 3.44. The van der Waals surface area contributed by atoms with E-state index >= 15 is 0 Å². The minimum atomic E-state index is 0.456. The van der Waals surface area contributed by atoms with Crippen molar-refractivity contribution in [2.45, 2.75) is 25.3 Å². The molecular weight excluding hydrogens is 258 g/mol. The summed E-state index contributed by atoms with van der Waals surface area (Å²) in [7, 11) is 4.05. The average molecular weight is 278 g/mol. The van der Waals surface area contributed by atoms with Crippen LogP contribution < -0.4 is 5.32 Å². The first kappa shape index (κ1) is 14.1. The second kappa shape index (κ2) is 6.73. The van der Waals surface area contributed by atoms with Gasteiger partial charge in [0.05, 0.1) is 0 Å². The minimum Gasteiger partial charge on any atom is -0.338 e. The molecule has 1 atom stereocenters. The lowest BCUT2D eigenvalue weighted by atomic mass is 10.0. The maximum Gasteiger partial charge on any atom is 0.108 e. The van der Waals surface area contributed by atoms with Gasteiger partial charge in [0.25, 0.3) is 0 Å². The molecule has 0 amide bonds. The van der Waals surface area contributed by atoms with Gasteiger partial charge in [-0.2, -0.15) is 0 Å². The first-order valence-electron chi connectivity index (χ1n) is 6.57. The molecule has 1 heterocycles. The number of halogens is 1. The second-order valence-corrected chi connectivity index (χ2v) is 5.25. The van der Waals surface area contributed by atoms with Crippen LogP contribution in [-0.4, -0.2) is 22.6 Å². The molecule has 0 aliphatic heterocycles. The Labute approximate surface area is 119 Å². The Bertz CT molecular complexity index is 504. The summed E-state index contributed by atoms with van der Waals surface area (Å²) in [6, 6.07) is 8.53. The summed E-state index contributed by atoms with van der Waals surface area (Å²) in [4.78, 5) is 4.36. The molecule has 0 radical (unpaired) electrons. The molecule has 0 bridgehead atoms. The molecule has 3 nitrogen and oxygen atoms in total. The zero-order valence-corrected chi connectivity index (χ0v) is 12.2. The number of imidazole rings is 1. The highest BCUT2D eigenvalue weighted by atomic mass is 35.5. The molecule has 2 aromatic rings. The molecule has 1 aromatic heterocycles.